The first-order chi connectivity index (χ1) is 12.8. The van der Waals surface area contributed by atoms with E-state index in [1.165, 1.54) is 6.07 Å². The number of hydrogen-bond acceptors (Lipinski definition) is 3. The van der Waals surface area contributed by atoms with Crippen molar-refractivity contribution in [1.29, 1.82) is 0 Å². The Labute approximate surface area is 167 Å². The van der Waals surface area contributed by atoms with Gasteiger partial charge in [0.25, 0.3) is 0 Å². The van der Waals surface area contributed by atoms with Crippen LogP contribution in [0.3, 0.4) is 0 Å². The highest BCUT2D eigenvalue weighted by molar-refractivity contribution is 8.44. The van der Waals surface area contributed by atoms with E-state index in [1.54, 1.807) is 24.4 Å². The van der Waals surface area contributed by atoms with Crippen molar-refractivity contribution in [3.05, 3.63) is 62.9 Å². The third-order valence-electron chi connectivity index (χ3n) is 4.63. The van der Waals surface area contributed by atoms with E-state index in [9.17, 15) is 9.18 Å². The summed E-state index contributed by atoms with van der Waals surface area (Å²) in [6.07, 6.45) is 5.55. The lowest BCUT2D eigenvalue weighted by Gasteiger charge is -2.33. The van der Waals surface area contributed by atoms with Crippen molar-refractivity contribution in [3.63, 3.8) is 0 Å². The predicted octanol–water partition coefficient (Wildman–Crippen LogP) is 3.65. The Morgan fingerprint density at radius 3 is 2.67 bits per heavy atom. The third-order valence-corrected chi connectivity index (χ3v) is 9.52. The number of aromatic amines is 1. The molecule has 0 aliphatic carbocycles. The Morgan fingerprint density at radius 2 is 2.11 bits per heavy atom. The molecule has 2 heterocycles. The number of primary amides is 1. The van der Waals surface area contributed by atoms with Crippen molar-refractivity contribution in [2.75, 3.05) is 12.8 Å². The number of aromatic nitrogens is 2. The quantitative estimate of drug-likeness (QED) is 0.654. The number of halogens is 3. The van der Waals surface area contributed by atoms with Crippen LogP contribution in [0.25, 0.3) is 4.91 Å². The van der Waals surface area contributed by atoms with Crippen molar-refractivity contribution < 1.29 is 9.18 Å². The van der Waals surface area contributed by atoms with Crippen molar-refractivity contribution >= 4 is 44.0 Å². The molecule has 2 aromatic rings. The normalized spacial score (nSPS) is 23.1. The van der Waals surface area contributed by atoms with Crippen LogP contribution in [0.4, 0.5) is 4.39 Å². The van der Waals surface area contributed by atoms with Gasteiger partial charge in [0.1, 0.15) is 5.82 Å². The fourth-order valence-electron chi connectivity index (χ4n) is 3.03. The fourth-order valence-corrected chi connectivity index (χ4v) is 6.82. The van der Waals surface area contributed by atoms with Gasteiger partial charge in [-0.1, -0.05) is 35.3 Å². The van der Waals surface area contributed by atoms with E-state index in [1.807, 2.05) is 12.3 Å². The van der Waals surface area contributed by atoms with Gasteiger partial charge in [0.2, 0.25) is 5.91 Å². The van der Waals surface area contributed by atoms with E-state index in [-0.39, 0.29) is 13.0 Å². The zero-order chi connectivity index (χ0) is 19.8. The second-order valence-electron chi connectivity index (χ2n) is 6.32. The highest BCUT2D eigenvalue weighted by Crippen LogP contribution is 2.73. The maximum absolute atomic E-state index is 15.0. The number of allylic oxidation sites excluding steroid dienone is 2. The highest BCUT2D eigenvalue weighted by atomic mass is 35.5. The van der Waals surface area contributed by atoms with E-state index in [0.717, 1.165) is 5.03 Å². The topological polar surface area (TPSA) is 97.8 Å². The Balaban J connectivity index is 1.99. The first-order valence-corrected chi connectivity index (χ1v) is 10.9. The molecule has 5 N–H and O–H groups in total. The number of nitrogens with one attached hydrogen (secondary N) is 1. The van der Waals surface area contributed by atoms with Crippen LogP contribution >= 0.6 is 33.2 Å². The molecule has 9 heteroatoms. The van der Waals surface area contributed by atoms with Gasteiger partial charge in [-0.25, -0.2) is 4.39 Å². The van der Waals surface area contributed by atoms with Gasteiger partial charge in [0.15, 0.2) is 0 Å². The molecule has 1 aliphatic rings. The summed E-state index contributed by atoms with van der Waals surface area (Å²) in [4.78, 5) is 12.1. The molecule has 1 aliphatic heterocycles. The second-order valence-corrected chi connectivity index (χ2v) is 10.5. The van der Waals surface area contributed by atoms with Gasteiger partial charge in [-0.05, 0) is 36.4 Å². The first-order valence-electron chi connectivity index (χ1n) is 8.12. The molecule has 144 valence electrons. The average molecular weight is 429 g/mol. The van der Waals surface area contributed by atoms with Crippen LogP contribution < -0.4 is 11.5 Å². The molecular weight excluding hydrogens is 410 g/mol. The van der Waals surface area contributed by atoms with E-state index >= 15 is 0 Å². The molecule has 0 bridgehead atoms. The monoisotopic (exact) mass is 428 g/mol. The summed E-state index contributed by atoms with van der Waals surface area (Å²) in [6.45, 7) is 0.112. The number of nitrogens with zero attached hydrogens (tertiary/aromatic N) is 1. The van der Waals surface area contributed by atoms with Gasteiger partial charge < -0.3 is 11.5 Å². The minimum absolute atomic E-state index is 0.112. The van der Waals surface area contributed by atoms with Crippen LogP contribution in [-0.4, -0.2) is 28.9 Å². The van der Waals surface area contributed by atoms with Gasteiger partial charge in [0, 0.05) is 23.2 Å². The van der Waals surface area contributed by atoms with Crippen molar-refractivity contribution in [1.82, 2.24) is 10.2 Å². The summed E-state index contributed by atoms with van der Waals surface area (Å²) >= 11 is 12.8. The number of nitrogens with two attached hydrogens (primary N) is 2. The van der Waals surface area contributed by atoms with Crippen LogP contribution in [0.5, 0.6) is 0 Å². The maximum atomic E-state index is 15.0. The fraction of sp³-hybridized carbons (Fsp3) is 0.222. The summed E-state index contributed by atoms with van der Waals surface area (Å²) in [5, 5.41) is 8.09. The molecule has 3 rings (SSSR count). The Hall–Kier alpha value is -1.80. The summed E-state index contributed by atoms with van der Waals surface area (Å²) in [6, 6.07) is 6.64. The van der Waals surface area contributed by atoms with Crippen molar-refractivity contribution in [3.8, 4) is 0 Å². The van der Waals surface area contributed by atoms with Crippen LogP contribution in [0.2, 0.25) is 0 Å². The van der Waals surface area contributed by atoms with Gasteiger partial charge in [0.05, 0.1) is 20.3 Å². The molecule has 2 atom stereocenters. The first kappa shape index (κ1) is 19.9. The summed E-state index contributed by atoms with van der Waals surface area (Å²) in [5.74, 6) is -1.46. The van der Waals surface area contributed by atoms with Crippen molar-refractivity contribution in [2.24, 2.45) is 17.4 Å². The molecule has 1 aromatic heterocycles. The van der Waals surface area contributed by atoms with Crippen LogP contribution in [0, 0.1) is 11.7 Å². The lowest BCUT2D eigenvalue weighted by Crippen LogP contribution is -2.31. The number of H-pyrrole nitrogens is 1. The van der Waals surface area contributed by atoms with Gasteiger partial charge >= 0.3 is 0 Å². The Morgan fingerprint density at radius 1 is 1.37 bits per heavy atom. The molecule has 27 heavy (non-hydrogen) atoms. The summed E-state index contributed by atoms with van der Waals surface area (Å²) in [5.41, 5.74) is 11.9. The molecule has 0 saturated carbocycles. The van der Waals surface area contributed by atoms with Gasteiger partial charge in [-0.3, -0.25) is 9.89 Å². The average Bonchev–Trinajstić information content (AvgIpc) is 3.24. The number of rotatable bonds is 6. The Bertz CT molecular complexity index is 945. The summed E-state index contributed by atoms with van der Waals surface area (Å²) in [7, 11) is -1.92. The van der Waals surface area contributed by atoms with E-state index in [0.29, 0.717) is 25.4 Å². The van der Waals surface area contributed by atoms with E-state index < -0.39 is 27.7 Å². The maximum Gasteiger partial charge on any atom is 0.222 e. The lowest BCUT2D eigenvalue weighted by atomic mass is 9.97. The Kier molecular flexibility index (Phi) is 5.67. The number of carbonyl (C=O) groups excluding carboxylic acids is 1. The molecule has 1 amide bonds. The number of benzene rings is 1. The zero-order valence-electron chi connectivity index (χ0n) is 14.5. The number of amides is 1. The highest BCUT2D eigenvalue weighted by Gasteiger charge is 2.38. The van der Waals surface area contributed by atoms with Crippen LogP contribution in [-0.2, 0) is 11.2 Å². The SMILES string of the molecule is CS1(c2ccn[nH]2)C(c2ccc(C[C@@H](CN)C(N)=O)cc2F)=CC(Cl)=C1Cl. The molecule has 0 spiro atoms. The third kappa shape index (κ3) is 3.52. The molecular formula is C18H19Cl2FN4OS. The van der Waals surface area contributed by atoms with E-state index in [4.69, 9.17) is 34.7 Å². The largest absolute Gasteiger partial charge is 0.369 e. The molecule has 5 nitrogen and oxygen atoms in total. The number of hydrogen-bond donors (Lipinski definition) is 3. The minimum atomic E-state index is -1.92. The van der Waals surface area contributed by atoms with Gasteiger partial charge in [-0.15, -0.1) is 10.0 Å². The van der Waals surface area contributed by atoms with Crippen LogP contribution in [0.15, 0.2) is 51.0 Å². The minimum Gasteiger partial charge on any atom is -0.369 e. The second kappa shape index (κ2) is 7.67. The zero-order valence-corrected chi connectivity index (χ0v) is 16.8. The molecule has 0 fully saturated rings. The standard InChI is InChI=1S/C18H19Cl2FN4OS/c1-27(16-4-5-24-25-16)15(8-13(19)17(27)20)12-3-2-10(7-14(12)21)6-11(9-22)18(23)26/h2-5,7-8,11H,6,9,22H2,1H3,(H2,23,26)(H,24,25)/t11-/m0/s1. The molecule has 1 aromatic carbocycles. The number of carbonyl (C=O) groups is 1. The van der Waals surface area contributed by atoms with Crippen LogP contribution in [0.1, 0.15) is 11.1 Å². The molecule has 0 saturated heterocycles. The molecule has 1 unspecified atom stereocenters. The lowest BCUT2D eigenvalue weighted by molar-refractivity contribution is -0.121. The van der Waals surface area contributed by atoms with E-state index in [2.05, 4.69) is 10.2 Å². The molecule has 0 radical (unpaired) electrons. The van der Waals surface area contributed by atoms with Gasteiger partial charge in [-0.2, -0.15) is 5.10 Å². The van der Waals surface area contributed by atoms with Crippen molar-refractivity contribution in [2.45, 2.75) is 11.4 Å². The smallest absolute Gasteiger partial charge is 0.222 e. The predicted molar refractivity (Wildman–Crippen MR) is 109 cm³/mol. The summed E-state index contributed by atoms with van der Waals surface area (Å²) < 4.78 is 15.5.